The zero-order valence-electron chi connectivity index (χ0n) is 13.1. The van der Waals surface area contributed by atoms with Crippen LogP contribution < -0.4 is 10.6 Å². The Hall–Kier alpha value is -2.84. The average Bonchev–Trinajstić information content (AvgIpc) is 3.37. The minimum absolute atomic E-state index is 0.142. The highest BCUT2D eigenvalue weighted by atomic mass is 32.1. The first-order chi connectivity index (χ1) is 12.1. The van der Waals surface area contributed by atoms with Gasteiger partial charge >= 0.3 is 11.8 Å². The Labute approximate surface area is 147 Å². The van der Waals surface area contributed by atoms with Crippen LogP contribution in [0, 0.1) is 0 Å². The quantitative estimate of drug-likeness (QED) is 0.584. The van der Waals surface area contributed by atoms with Gasteiger partial charge in [0, 0.05) is 4.88 Å². The summed E-state index contributed by atoms with van der Waals surface area (Å²) in [6, 6.07) is 10.4. The first-order valence-electron chi connectivity index (χ1n) is 7.53. The molecule has 3 aromatic rings. The molecule has 0 aliphatic heterocycles. The molecule has 1 unspecified atom stereocenters. The van der Waals surface area contributed by atoms with Crippen LogP contribution in [-0.4, -0.2) is 23.5 Å². The monoisotopic (exact) mass is 360 g/mol. The van der Waals surface area contributed by atoms with Gasteiger partial charge in [-0.15, -0.1) is 11.3 Å². The number of nitrogens with one attached hydrogen (secondary N) is 2. The topological polar surface area (TPSA) is 105 Å². The maximum atomic E-state index is 11.8. The summed E-state index contributed by atoms with van der Waals surface area (Å²) in [6.45, 7) is 0.146. The maximum Gasteiger partial charge on any atom is 0.309 e. The van der Waals surface area contributed by atoms with E-state index in [-0.39, 0.29) is 18.8 Å². The van der Waals surface area contributed by atoms with Gasteiger partial charge in [0.05, 0.1) is 19.4 Å². The van der Waals surface area contributed by atoms with E-state index in [0.717, 1.165) is 4.88 Å². The SMILES string of the molecule is O=C(NCc1cccs1)C(=O)NCC(O)c1ccc(-c2ccco2)o1. The molecule has 25 heavy (non-hydrogen) atoms. The molecule has 0 aliphatic carbocycles. The Morgan fingerprint density at radius 2 is 1.92 bits per heavy atom. The van der Waals surface area contributed by atoms with Crippen molar-refractivity contribution in [3.63, 3.8) is 0 Å². The van der Waals surface area contributed by atoms with Gasteiger partial charge < -0.3 is 24.6 Å². The van der Waals surface area contributed by atoms with Gasteiger partial charge in [-0.25, -0.2) is 0 Å². The largest absolute Gasteiger partial charge is 0.461 e. The average molecular weight is 360 g/mol. The summed E-state index contributed by atoms with van der Waals surface area (Å²) in [6.07, 6.45) is 0.445. The minimum Gasteiger partial charge on any atom is -0.461 e. The Bertz CT molecular complexity index is 823. The zero-order valence-corrected chi connectivity index (χ0v) is 13.9. The van der Waals surface area contributed by atoms with Gasteiger partial charge in [0.15, 0.2) is 11.5 Å². The van der Waals surface area contributed by atoms with Crippen molar-refractivity contribution >= 4 is 23.2 Å². The van der Waals surface area contributed by atoms with Crippen molar-refractivity contribution in [1.29, 1.82) is 0 Å². The number of carbonyl (C=O) groups excluding carboxylic acids is 2. The van der Waals surface area contributed by atoms with Crippen molar-refractivity contribution in [2.45, 2.75) is 12.6 Å². The fourth-order valence-electron chi connectivity index (χ4n) is 2.11. The molecule has 0 radical (unpaired) electrons. The van der Waals surface area contributed by atoms with E-state index >= 15 is 0 Å². The van der Waals surface area contributed by atoms with Crippen LogP contribution in [0.3, 0.4) is 0 Å². The number of aliphatic hydroxyl groups is 1. The first-order valence-corrected chi connectivity index (χ1v) is 8.41. The summed E-state index contributed by atoms with van der Waals surface area (Å²) in [5, 5.41) is 16.8. The predicted molar refractivity (Wildman–Crippen MR) is 90.5 cm³/mol. The molecule has 0 fully saturated rings. The maximum absolute atomic E-state index is 11.8. The summed E-state index contributed by atoms with van der Waals surface area (Å²) < 4.78 is 10.7. The Balaban J connectivity index is 1.47. The number of hydrogen-bond acceptors (Lipinski definition) is 6. The Morgan fingerprint density at radius 1 is 1.08 bits per heavy atom. The molecule has 3 aromatic heterocycles. The van der Waals surface area contributed by atoms with Crippen molar-refractivity contribution in [2.75, 3.05) is 6.54 Å². The molecule has 3 rings (SSSR count). The van der Waals surface area contributed by atoms with Gasteiger partial charge in [-0.2, -0.15) is 0 Å². The molecule has 3 heterocycles. The molecule has 0 aromatic carbocycles. The van der Waals surface area contributed by atoms with Crippen LogP contribution >= 0.6 is 11.3 Å². The standard InChI is InChI=1S/C17H16N2O5S/c20-12(13-5-6-15(24-13)14-4-1-7-23-14)10-19-17(22)16(21)18-9-11-3-2-8-25-11/h1-8,12,20H,9-10H2,(H,18,21)(H,19,22). The molecule has 8 heteroatoms. The Morgan fingerprint density at radius 3 is 2.64 bits per heavy atom. The lowest BCUT2D eigenvalue weighted by molar-refractivity contribution is -0.139. The van der Waals surface area contributed by atoms with E-state index in [1.165, 1.54) is 17.6 Å². The van der Waals surface area contributed by atoms with Gasteiger partial charge in [0.1, 0.15) is 11.9 Å². The normalized spacial score (nSPS) is 11.9. The van der Waals surface area contributed by atoms with E-state index in [1.807, 2.05) is 17.5 Å². The number of furan rings is 2. The van der Waals surface area contributed by atoms with E-state index in [2.05, 4.69) is 10.6 Å². The molecular weight excluding hydrogens is 344 g/mol. The predicted octanol–water partition coefficient (Wildman–Crippen LogP) is 2.07. The molecule has 0 bridgehead atoms. The third kappa shape index (κ3) is 4.37. The summed E-state index contributed by atoms with van der Waals surface area (Å²) >= 11 is 1.49. The van der Waals surface area contributed by atoms with Crippen LogP contribution in [0.2, 0.25) is 0 Å². The highest BCUT2D eigenvalue weighted by molar-refractivity contribution is 7.09. The molecule has 0 saturated carbocycles. The van der Waals surface area contributed by atoms with Crippen molar-refractivity contribution in [3.8, 4) is 11.5 Å². The highest BCUT2D eigenvalue weighted by Gasteiger charge is 2.18. The van der Waals surface area contributed by atoms with Crippen LogP contribution in [-0.2, 0) is 16.1 Å². The third-order valence-corrected chi connectivity index (χ3v) is 4.26. The number of carbonyl (C=O) groups is 2. The number of rotatable bonds is 6. The Kier molecular flexibility index (Phi) is 5.32. The smallest absolute Gasteiger partial charge is 0.309 e. The molecule has 7 nitrogen and oxygen atoms in total. The van der Waals surface area contributed by atoms with E-state index < -0.39 is 17.9 Å². The second-order valence-corrected chi connectivity index (χ2v) is 6.20. The second-order valence-electron chi connectivity index (χ2n) is 5.17. The molecule has 0 saturated heterocycles. The molecule has 0 aliphatic rings. The first kappa shape index (κ1) is 17.0. The molecular formula is C17H16N2O5S. The van der Waals surface area contributed by atoms with E-state index in [9.17, 15) is 14.7 Å². The van der Waals surface area contributed by atoms with Crippen LogP contribution in [0.25, 0.3) is 11.5 Å². The lowest BCUT2D eigenvalue weighted by Crippen LogP contribution is -2.41. The van der Waals surface area contributed by atoms with Crippen molar-refractivity contribution in [3.05, 3.63) is 58.7 Å². The fraction of sp³-hybridized carbons (Fsp3) is 0.176. The van der Waals surface area contributed by atoms with E-state index in [0.29, 0.717) is 11.5 Å². The number of aliphatic hydroxyl groups excluding tert-OH is 1. The van der Waals surface area contributed by atoms with Gasteiger partial charge in [-0.05, 0) is 35.7 Å². The highest BCUT2D eigenvalue weighted by Crippen LogP contribution is 2.25. The summed E-state index contributed by atoms with van der Waals surface area (Å²) in [5.74, 6) is -0.287. The lowest BCUT2D eigenvalue weighted by Gasteiger charge is -2.09. The summed E-state index contributed by atoms with van der Waals surface area (Å²) in [4.78, 5) is 24.4. The van der Waals surface area contributed by atoms with Gasteiger partial charge in [0.2, 0.25) is 0 Å². The van der Waals surface area contributed by atoms with E-state index in [4.69, 9.17) is 8.83 Å². The molecule has 3 N–H and O–H groups in total. The van der Waals surface area contributed by atoms with Crippen LogP contribution in [0.4, 0.5) is 0 Å². The van der Waals surface area contributed by atoms with Crippen molar-refractivity contribution in [2.24, 2.45) is 0 Å². The van der Waals surface area contributed by atoms with Crippen molar-refractivity contribution in [1.82, 2.24) is 10.6 Å². The van der Waals surface area contributed by atoms with Crippen LogP contribution in [0.15, 0.2) is 56.9 Å². The van der Waals surface area contributed by atoms with Crippen molar-refractivity contribution < 1.29 is 23.5 Å². The van der Waals surface area contributed by atoms with E-state index in [1.54, 1.807) is 24.3 Å². The number of hydrogen-bond donors (Lipinski definition) is 3. The zero-order chi connectivity index (χ0) is 17.6. The molecule has 130 valence electrons. The fourth-order valence-corrected chi connectivity index (χ4v) is 2.76. The third-order valence-electron chi connectivity index (χ3n) is 3.38. The molecule has 2 amide bonds. The summed E-state index contributed by atoms with van der Waals surface area (Å²) in [7, 11) is 0. The van der Waals surface area contributed by atoms with Crippen LogP contribution in [0.5, 0.6) is 0 Å². The molecule has 0 spiro atoms. The van der Waals surface area contributed by atoms with Gasteiger partial charge in [0.25, 0.3) is 0 Å². The minimum atomic E-state index is -1.07. The summed E-state index contributed by atoms with van der Waals surface area (Å²) in [5.41, 5.74) is 0. The number of thiophene rings is 1. The van der Waals surface area contributed by atoms with Gasteiger partial charge in [-0.3, -0.25) is 9.59 Å². The second kappa shape index (κ2) is 7.82. The van der Waals surface area contributed by atoms with Crippen LogP contribution in [0.1, 0.15) is 16.7 Å². The lowest BCUT2D eigenvalue weighted by atomic mass is 10.2. The number of amides is 2. The molecule has 1 atom stereocenters. The van der Waals surface area contributed by atoms with Gasteiger partial charge in [-0.1, -0.05) is 6.07 Å².